The van der Waals surface area contributed by atoms with Gasteiger partial charge in [0.05, 0.1) is 26.0 Å². The molecule has 32 heavy (non-hydrogen) atoms. The lowest BCUT2D eigenvalue weighted by molar-refractivity contribution is 0.261. The predicted octanol–water partition coefficient (Wildman–Crippen LogP) is 4.23. The third-order valence-corrected chi connectivity index (χ3v) is 6.67. The molecule has 1 N–H and O–H groups in total. The van der Waals surface area contributed by atoms with E-state index < -0.39 is 0 Å². The third kappa shape index (κ3) is 4.19. The Bertz CT molecular complexity index is 1110. The number of aliphatic imine (C=N–C) groups is 1. The van der Waals surface area contributed by atoms with Gasteiger partial charge in [0.1, 0.15) is 5.84 Å². The van der Waals surface area contributed by atoms with Crippen LogP contribution in [0.15, 0.2) is 46.5 Å². The average molecular weight is 451 g/mol. The quantitative estimate of drug-likeness (QED) is 0.545. The van der Waals surface area contributed by atoms with Crippen molar-refractivity contribution >= 4 is 34.2 Å². The molecule has 1 fully saturated rings. The van der Waals surface area contributed by atoms with Gasteiger partial charge >= 0.3 is 0 Å². The van der Waals surface area contributed by atoms with Crippen molar-refractivity contribution in [2.75, 3.05) is 31.4 Å². The van der Waals surface area contributed by atoms with Gasteiger partial charge in [-0.2, -0.15) is 5.10 Å². The van der Waals surface area contributed by atoms with E-state index in [4.69, 9.17) is 14.5 Å². The largest absolute Gasteiger partial charge is 0.493 e. The molecule has 0 radical (unpaired) electrons. The molecular weight excluding hydrogens is 424 g/mol. The van der Waals surface area contributed by atoms with Crippen molar-refractivity contribution in [3.63, 3.8) is 0 Å². The number of aryl methyl sites for hydroxylation is 1. The summed E-state index contributed by atoms with van der Waals surface area (Å²) in [5.74, 6) is 2.99. The van der Waals surface area contributed by atoms with E-state index in [2.05, 4.69) is 39.7 Å². The molecule has 8 heteroatoms. The molecule has 1 aliphatic carbocycles. The van der Waals surface area contributed by atoms with Gasteiger partial charge < -0.3 is 14.4 Å². The molecule has 0 atom stereocenters. The van der Waals surface area contributed by atoms with Crippen LogP contribution in [-0.2, 0) is 6.42 Å². The summed E-state index contributed by atoms with van der Waals surface area (Å²) < 4.78 is 11.0. The topological polar surface area (TPSA) is 75.5 Å². The van der Waals surface area contributed by atoms with Crippen molar-refractivity contribution < 1.29 is 14.3 Å². The molecular formula is C24H26N4O3S. The molecule has 3 aliphatic rings. The lowest BCUT2D eigenvalue weighted by Gasteiger charge is -2.33. The Balaban J connectivity index is 1.51. The molecule has 2 aromatic carbocycles. The summed E-state index contributed by atoms with van der Waals surface area (Å²) in [6, 6.07) is 12.9. The van der Waals surface area contributed by atoms with Crippen molar-refractivity contribution in [2.45, 2.75) is 31.7 Å². The minimum Gasteiger partial charge on any atom is -0.493 e. The maximum absolute atomic E-state index is 11.4. The molecule has 7 nitrogen and oxygen atoms in total. The number of carbonyl (C=O) groups is 1. The van der Waals surface area contributed by atoms with Crippen LogP contribution >= 0.6 is 11.8 Å². The van der Waals surface area contributed by atoms with Gasteiger partial charge in [-0.05, 0) is 67.1 Å². The highest BCUT2D eigenvalue weighted by Crippen LogP contribution is 2.35. The molecule has 2 heterocycles. The van der Waals surface area contributed by atoms with Gasteiger partial charge in [0.2, 0.25) is 0 Å². The van der Waals surface area contributed by atoms with E-state index in [1.165, 1.54) is 23.0 Å². The van der Waals surface area contributed by atoms with Gasteiger partial charge in [-0.25, -0.2) is 5.43 Å². The zero-order valence-corrected chi connectivity index (χ0v) is 19.1. The first-order valence-corrected chi connectivity index (χ1v) is 11.8. The van der Waals surface area contributed by atoms with Gasteiger partial charge in [-0.15, -0.1) is 0 Å². The number of benzene rings is 2. The Hall–Kier alpha value is -3.00. The van der Waals surface area contributed by atoms with E-state index in [1.807, 2.05) is 12.1 Å². The van der Waals surface area contributed by atoms with E-state index in [-0.39, 0.29) is 5.24 Å². The number of carbonyl (C=O) groups excluding carboxylic acids is 1. The third-order valence-electron chi connectivity index (χ3n) is 5.90. The van der Waals surface area contributed by atoms with Crippen LogP contribution in [0, 0.1) is 0 Å². The van der Waals surface area contributed by atoms with Crippen molar-refractivity contribution in [1.82, 2.24) is 5.43 Å². The summed E-state index contributed by atoms with van der Waals surface area (Å²) in [6.45, 7) is 0.916. The highest BCUT2D eigenvalue weighted by molar-refractivity contribution is 8.14. The fraction of sp³-hybridized carbons (Fsp3) is 0.375. The minimum atomic E-state index is -0.103. The second kappa shape index (κ2) is 8.86. The zero-order valence-electron chi connectivity index (χ0n) is 18.3. The number of nitrogens with zero attached hydrogens (tertiary/aromatic N) is 3. The van der Waals surface area contributed by atoms with Crippen LogP contribution in [0.4, 0.5) is 10.5 Å². The van der Waals surface area contributed by atoms with E-state index in [0.717, 1.165) is 54.9 Å². The van der Waals surface area contributed by atoms with Crippen LogP contribution in [0.1, 0.15) is 36.0 Å². The molecule has 0 unspecified atom stereocenters. The number of hydrogen-bond acceptors (Lipinski definition) is 6. The van der Waals surface area contributed by atoms with Crippen molar-refractivity contribution in [3.8, 4) is 11.5 Å². The molecule has 0 aromatic heterocycles. The number of amidine groups is 1. The molecule has 1 saturated carbocycles. The lowest BCUT2D eigenvalue weighted by Crippen LogP contribution is -2.36. The molecule has 0 bridgehead atoms. The molecule has 2 aromatic rings. The highest BCUT2D eigenvalue weighted by Gasteiger charge is 2.28. The van der Waals surface area contributed by atoms with Crippen LogP contribution in [0.2, 0.25) is 0 Å². The van der Waals surface area contributed by atoms with Crippen LogP contribution in [-0.4, -0.2) is 49.3 Å². The van der Waals surface area contributed by atoms with E-state index in [9.17, 15) is 4.79 Å². The number of hydrazone groups is 1. The fourth-order valence-corrected chi connectivity index (χ4v) is 4.72. The Morgan fingerprint density at radius 3 is 2.72 bits per heavy atom. The van der Waals surface area contributed by atoms with Crippen LogP contribution < -0.4 is 19.8 Å². The van der Waals surface area contributed by atoms with Crippen LogP contribution in [0.25, 0.3) is 0 Å². The van der Waals surface area contributed by atoms with Gasteiger partial charge in [0.15, 0.2) is 11.5 Å². The first-order chi connectivity index (χ1) is 15.7. The number of rotatable bonds is 5. The first kappa shape index (κ1) is 20.9. The molecule has 166 valence electrons. The van der Waals surface area contributed by atoms with Gasteiger partial charge in [0, 0.05) is 23.5 Å². The van der Waals surface area contributed by atoms with Crippen molar-refractivity contribution in [3.05, 3.63) is 53.1 Å². The van der Waals surface area contributed by atoms with Crippen LogP contribution in [0.5, 0.6) is 11.5 Å². The Morgan fingerprint density at radius 1 is 1.16 bits per heavy atom. The zero-order chi connectivity index (χ0) is 22.1. The van der Waals surface area contributed by atoms with Crippen molar-refractivity contribution in [1.29, 1.82) is 0 Å². The Morgan fingerprint density at radius 2 is 2.00 bits per heavy atom. The maximum atomic E-state index is 11.4. The second-order valence-electron chi connectivity index (χ2n) is 8.10. The number of fused-ring (bicyclic) bond motifs is 1. The van der Waals surface area contributed by atoms with Gasteiger partial charge in [-0.3, -0.25) is 9.79 Å². The molecule has 5 rings (SSSR count). The Labute approximate surface area is 191 Å². The summed E-state index contributed by atoms with van der Waals surface area (Å²) >= 11 is 1.25. The van der Waals surface area contributed by atoms with Gasteiger partial charge in [-0.1, -0.05) is 17.8 Å². The molecule has 1 amide bonds. The van der Waals surface area contributed by atoms with E-state index >= 15 is 0 Å². The fourth-order valence-electron chi connectivity index (χ4n) is 4.11. The molecule has 2 aliphatic heterocycles. The minimum absolute atomic E-state index is 0.103. The Kier molecular flexibility index (Phi) is 5.78. The predicted molar refractivity (Wildman–Crippen MR) is 129 cm³/mol. The number of ether oxygens (including phenoxy) is 2. The van der Waals surface area contributed by atoms with Gasteiger partial charge in [0.25, 0.3) is 5.24 Å². The highest BCUT2D eigenvalue weighted by atomic mass is 32.2. The molecule has 0 saturated heterocycles. The maximum Gasteiger partial charge on any atom is 0.299 e. The smallest absolute Gasteiger partial charge is 0.299 e. The molecule has 0 spiro atoms. The van der Waals surface area contributed by atoms with Crippen LogP contribution in [0.3, 0.4) is 0 Å². The van der Waals surface area contributed by atoms with E-state index in [0.29, 0.717) is 23.3 Å². The average Bonchev–Trinajstić information content (AvgIpc) is 3.66. The number of amides is 1. The summed E-state index contributed by atoms with van der Waals surface area (Å²) in [5.41, 5.74) is 8.02. The summed E-state index contributed by atoms with van der Waals surface area (Å²) in [7, 11) is 3.31. The summed E-state index contributed by atoms with van der Waals surface area (Å²) in [5, 5.41) is 4.14. The second-order valence-corrected chi connectivity index (χ2v) is 9.05. The summed E-state index contributed by atoms with van der Waals surface area (Å²) in [4.78, 5) is 18.9. The standard InChI is InChI=1S/C24H26N4O3S/c1-30-21-10-6-17(13-22(21)31-2)23(25-18-7-8-18)28-11-3-4-16-12-15(5-9-20(16)28)19-14-32-24(29)27-26-19/h5-6,9-10,12-13,18H,3-4,7-8,11,14H2,1-2H3,(H,27,29)/b25-23-. The van der Waals surface area contributed by atoms with E-state index in [1.54, 1.807) is 14.2 Å². The van der Waals surface area contributed by atoms with Crippen molar-refractivity contribution in [2.24, 2.45) is 10.1 Å². The number of nitrogens with one attached hydrogen (secondary N) is 1. The number of anilines is 1. The SMILES string of the molecule is COc1ccc(/C(=N/C2CC2)N2CCCc3cc(C4=NNC(=O)SC4)ccc32)cc1OC. The first-order valence-electron chi connectivity index (χ1n) is 10.9. The lowest BCUT2D eigenvalue weighted by atomic mass is 9.97. The number of hydrogen-bond donors (Lipinski definition) is 1. The number of thioether (sulfide) groups is 1. The summed E-state index contributed by atoms with van der Waals surface area (Å²) in [6.07, 6.45) is 4.33. The number of methoxy groups -OCH3 is 2. The normalized spacial score (nSPS) is 18.6. The monoisotopic (exact) mass is 450 g/mol.